The Bertz CT molecular complexity index is 285. The van der Waals surface area contributed by atoms with Gasteiger partial charge >= 0.3 is 0 Å². The van der Waals surface area contributed by atoms with Gasteiger partial charge in [-0.05, 0) is 35.9 Å². The fraction of sp³-hybridized carbons (Fsp3) is 0.583. The lowest BCUT2D eigenvalue weighted by Crippen LogP contribution is -2.32. The molecule has 1 heterocycles. The van der Waals surface area contributed by atoms with Gasteiger partial charge in [-0.3, -0.25) is 4.98 Å². The zero-order valence-electron chi connectivity index (χ0n) is 9.77. The topological polar surface area (TPSA) is 16.1 Å². The van der Waals surface area contributed by atoms with E-state index in [1.165, 1.54) is 5.56 Å². The molecule has 2 nitrogen and oxygen atoms in total. The van der Waals surface area contributed by atoms with Crippen LogP contribution in [0.3, 0.4) is 0 Å². The van der Waals surface area contributed by atoms with Crippen LogP contribution in [0.5, 0.6) is 0 Å². The van der Waals surface area contributed by atoms with E-state index in [0.29, 0.717) is 0 Å². The zero-order chi connectivity index (χ0) is 11.3. The average Bonchev–Trinajstić information content (AvgIpc) is 2.18. The van der Waals surface area contributed by atoms with Crippen molar-refractivity contribution in [2.45, 2.75) is 20.4 Å². The minimum absolute atomic E-state index is 0.269. The van der Waals surface area contributed by atoms with Crippen LogP contribution in [0, 0.1) is 5.41 Å². The van der Waals surface area contributed by atoms with E-state index in [2.05, 4.69) is 55.5 Å². The molecule has 0 atom stereocenters. The van der Waals surface area contributed by atoms with Crippen LogP contribution in [0.25, 0.3) is 0 Å². The Morgan fingerprint density at radius 2 is 1.93 bits per heavy atom. The van der Waals surface area contributed by atoms with E-state index in [1.54, 1.807) is 0 Å². The van der Waals surface area contributed by atoms with Crippen LogP contribution in [-0.2, 0) is 6.54 Å². The van der Waals surface area contributed by atoms with Crippen LogP contribution in [0.1, 0.15) is 19.4 Å². The monoisotopic (exact) mass is 224 g/mol. The van der Waals surface area contributed by atoms with E-state index < -0.39 is 0 Å². The van der Waals surface area contributed by atoms with Crippen molar-refractivity contribution >= 4 is 12.6 Å². The normalized spacial score (nSPS) is 12.1. The summed E-state index contributed by atoms with van der Waals surface area (Å²) in [7, 11) is 2.14. The molecule has 0 fully saturated rings. The van der Waals surface area contributed by atoms with E-state index in [9.17, 15) is 0 Å². The molecule has 0 aliphatic rings. The van der Waals surface area contributed by atoms with E-state index >= 15 is 0 Å². The standard InChI is InChI=1S/C12H20N2S/c1-12(2,10-15)9-14(3)8-11-4-6-13-7-5-11/h4-7,15H,8-10H2,1-3H3. The third-order valence-corrected chi connectivity index (χ3v) is 3.18. The molecule has 0 aliphatic carbocycles. The van der Waals surface area contributed by atoms with Gasteiger partial charge in [0.05, 0.1) is 0 Å². The Morgan fingerprint density at radius 3 is 2.47 bits per heavy atom. The Hall–Kier alpha value is -0.540. The van der Waals surface area contributed by atoms with Gasteiger partial charge in [-0.15, -0.1) is 0 Å². The highest BCUT2D eigenvalue weighted by Gasteiger charge is 2.17. The third kappa shape index (κ3) is 4.67. The lowest BCUT2D eigenvalue weighted by atomic mass is 9.95. The van der Waals surface area contributed by atoms with Crippen molar-refractivity contribution in [3.05, 3.63) is 30.1 Å². The van der Waals surface area contributed by atoms with Crippen molar-refractivity contribution < 1.29 is 0 Å². The first-order chi connectivity index (χ1) is 7.03. The molecule has 1 rings (SSSR count). The second-order valence-corrected chi connectivity index (χ2v) is 5.17. The van der Waals surface area contributed by atoms with Gasteiger partial charge in [0, 0.05) is 25.5 Å². The van der Waals surface area contributed by atoms with Gasteiger partial charge in [0.2, 0.25) is 0 Å². The average molecular weight is 224 g/mol. The smallest absolute Gasteiger partial charge is 0.0271 e. The summed E-state index contributed by atoms with van der Waals surface area (Å²) in [5.41, 5.74) is 1.58. The summed E-state index contributed by atoms with van der Waals surface area (Å²) in [5.74, 6) is 0.910. The molecule has 0 saturated carbocycles. The van der Waals surface area contributed by atoms with Crippen LogP contribution < -0.4 is 0 Å². The van der Waals surface area contributed by atoms with Crippen molar-refractivity contribution in [2.24, 2.45) is 5.41 Å². The Balaban J connectivity index is 2.46. The van der Waals surface area contributed by atoms with Crippen molar-refractivity contribution in [3.8, 4) is 0 Å². The maximum atomic E-state index is 4.37. The number of hydrogen-bond acceptors (Lipinski definition) is 3. The Labute approximate surface area is 98.1 Å². The van der Waals surface area contributed by atoms with E-state index in [1.807, 2.05) is 12.4 Å². The number of nitrogens with zero attached hydrogens (tertiary/aromatic N) is 2. The summed E-state index contributed by atoms with van der Waals surface area (Å²) in [4.78, 5) is 6.34. The maximum absolute atomic E-state index is 4.37. The van der Waals surface area contributed by atoms with Gasteiger partial charge in [-0.2, -0.15) is 12.6 Å². The first kappa shape index (κ1) is 12.5. The summed E-state index contributed by atoms with van der Waals surface area (Å²) in [6.45, 7) is 6.50. The van der Waals surface area contributed by atoms with Crippen LogP contribution >= 0.6 is 12.6 Å². The van der Waals surface area contributed by atoms with Crippen molar-refractivity contribution in [1.82, 2.24) is 9.88 Å². The predicted molar refractivity (Wildman–Crippen MR) is 68.2 cm³/mol. The number of thiol groups is 1. The lowest BCUT2D eigenvalue weighted by Gasteiger charge is -2.28. The first-order valence-electron chi connectivity index (χ1n) is 5.22. The molecule has 1 aromatic rings. The molecule has 0 saturated heterocycles. The number of pyridine rings is 1. The lowest BCUT2D eigenvalue weighted by molar-refractivity contribution is 0.225. The number of hydrogen-bond donors (Lipinski definition) is 1. The van der Waals surface area contributed by atoms with E-state index in [-0.39, 0.29) is 5.41 Å². The van der Waals surface area contributed by atoms with Crippen LogP contribution in [0.15, 0.2) is 24.5 Å². The molecule has 3 heteroatoms. The summed E-state index contributed by atoms with van der Waals surface area (Å²) in [5, 5.41) is 0. The molecule has 0 spiro atoms. The van der Waals surface area contributed by atoms with Gasteiger partial charge < -0.3 is 4.90 Å². The van der Waals surface area contributed by atoms with Crippen molar-refractivity contribution in [2.75, 3.05) is 19.3 Å². The summed E-state index contributed by atoms with van der Waals surface area (Å²) in [6.07, 6.45) is 3.68. The van der Waals surface area contributed by atoms with Crippen LogP contribution in [-0.4, -0.2) is 29.2 Å². The molecule has 0 radical (unpaired) electrons. The highest BCUT2D eigenvalue weighted by Crippen LogP contribution is 2.18. The first-order valence-corrected chi connectivity index (χ1v) is 5.85. The molecule has 84 valence electrons. The molecule has 0 bridgehead atoms. The molecule has 0 aromatic carbocycles. The molecule has 0 N–H and O–H groups in total. The second kappa shape index (κ2) is 5.52. The SMILES string of the molecule is CN(Cc1ccncc1)CC(C)(C)CS. The highest BCUT2D eigenvalue weighted by molar-refractivity contribution is 7.80. The Morgan fingerprint density at radius 1 is 1.33 bits per heavy atom. The number of aromatic nitrogens is 1. The van der Waals surface area contributed by atoms with Gasteiger partial charge in [0.15, 0.2) is 0 Å². The summed E-state index contributed by atoms with van der Waals surface area (Å²) >= 11 is 4.37. The van der Waals surface area contributed by atoms with E-state index in [4.69, 9.17) is 0 Å². The molecule has 1 aromatic heterocycles. The largest absolute Gasteiger partial charge is 0.302 e. The van der Waals surface area contributed by atoms with Gasteiger partial charge in [0.1, 0.15) is 0 Å². The van der Waals surface area contributed by atoms with Gasteiger partial charge in [-0.25, -0.2) is 0 Å². The molecule has 0 amide bonds. The third-order valence-electron chi connectivity index (χ3n) is 2.33. The molecule has 0 aliphatic heterocycles. The van der Waals surface area contributed by atoms with Crippen molar-refractivity contribution in [1.29, 1.82) is 0 Å². The summed E-state index contributed by atoms with van der Waals surface area (Å²) < 4.78 is 0. The molecule has 15 heavy (non-hydrogen) atoms. The highest BCUT2D eigenvalue weighted by atomic mass is 32.1. The fourth-order valence-electron chi connectivity index (χ4n) is 1.64. The molecule has 0 unspecified atom stereocenters. The van der Waals surface area contributed by atoms with Crippen LogP contribution in [0.2, 0.25) is 0 Å². The predicted octanol–water partition coefficient (Wildman–Crippen LogP) is 2.47. The minimum atomic E-state index is 0.269. The molecular formula is C12H20N2S. The van der Waals surface area contributed by atoms with Crippen molar-refractivity contribution in [3.63, 3.8) is 0 Å². The second-order valence-electron chi connectivity index (χ2n) is 4.85. The number of rotatable bonds is 5. The zero-order valence-corrected chi connectivity index (χ0v) is 10.7. The van der Waals surface area contributed by atoms with Gasteiger partial charge in [0.25, 0.3) is 0 Å². The quantitative estimate of drug-likeness (QED) is 0.773. The van der Waals surface area contributed by atoms with Gasteiger partial charge in [-0.1, -0.05) is 13.8 Å². The minimum Gasteiger partial charge on any atom is -0.302 e. The fourth-order valence-corrected chi connectivity index (χ4v) is 1.74. The van der Waals surface area contributed by atoms with E-state index in [0.717, 1.165) is 18.8 Å². The molecular weight excluding hydrogens is 204 g/mol. The summed E-state index contributed by atoms with van der Waals surface area (Å²) in [6, 6.07) is 4.12. The van der Waals surface area contributed by atoms with Crippen LogP contribution in [0.4, 0.5) is 0 Å². The Kier molecular flexibility index (Phi) is 4.61. The maximum Gasteiger partial charge on any atom is 0.0271 e.